The van der Waals surface area contributed by atoms with Gasteiger partial charge in [0, 0.05) is 6.26 Å². The van der Waals surface area contributed by atoms with E-state index < -0.39 is 16.5 Å². The summed E-state index contributed by atoms with van der Waals surface area (Å²) in [5, 5.41) is 0. The first-order valence-electron chi connectivity index (χ1n) is 2.57. The maximum atomic E-state index is 10.5. The highest BCUT2D eigenvalue weighted by molar-refractivity contribution is 7.82. The van der Waals surface area contributed by atoms with Crippen LogP contribution in [-0.4, -0.2) is 16.0 Å². The molecule has 0 amide bonds. The molecule has 0 heterocycles. The molecule has 1 N–H and O–H groups in total. The van der Waals surface area contributed by atoms with Crippen molar-refractivity contribution in [1.82, 2.24) is 4.72 Å². The fraction of sp³-hybridized carbons (Fsp3) is 0.667. The van der Waals surface area contributed by atoms with Crippen LogP contribution in [0.3, 0.4) is 0 Å². The van der Waals surface area contributed by atoms with Gasteiger partial charge < -0.3 is 0 Å². The molecule has 0 aromatic carbocycles. The Morgan fingerprint density at radius 2 is 2.11 bits per heavy atom. The average molecular weight is 145 g/mol. The van der Waals surface area contributed by atoms with E-state index in [2.05, 4.69) is 10.6 Å². The van der Waals surface area contributed by atoms with E-state index in [9.17, 15) is 4.21 Å². The van der Waals surface area contributed by atoms with Crippen molar-refractivity contribution >= 4 is 11.0 Å². The van der Waals surface area contributed by atoms with Gasteiger partial charge in [-0.3, -0.25) is 0 Å². The first-order valence-corrected chi connectivity index (χ1v) is 4.13. The molecule has 1 unspecified atom stereocenters. The zero-order valence-electron chi connectivity index (χ0n) is 5.89. The predicted octanol–water partition coefficient (Wildman–Crippen LogP) is 0.281. The van der Waals surface area contributed by atoms with Gasteiger partial charge in [0.15, 0.2) is 0 Å². The molecule has 2 nitrogen and oxygen atoms in total. The average Bonchev–Trinajstić information content (AvgIpc) is 1.63. The number of rotatable bonds is 2. The molecule has 3 heteroatoms. The molecule has 0 aliphatic heterocycles. The number of nitrogens with one attached hydrogen (secondary N) is 1. The fourth-order valence-electron chi connectivity index (χ4n) is 0.389. The summed E-state index contributed by atoms with van der Waals surface area (Å²) < 4.78 is 13.2. The third-order valence-corrected chi connectivity index (χ3v) is 1.56. The Bertz CT molecular complexity index is 157. The van der Waals surface area contributed by atoms with Crippen LogP contribution in [0.5, 0.6) is 0 Å². The molecular formula is C6H11NOS. The Kier molecular flexibility index (Phi) is 2.89. The molecule has 0 aromatic rings. The Morgan fingerprint density at radius 3 is 2.22 bits per heavy atom. The number of hydrogen-bond donors (Lipinski definition) is 1. The van der Waals surface area contributed by atoms with Gasteiger partial charge in [-0.25, -0.2) is 8.93 Å². The topological polar surface area (TPSA) is 29.1 Å². The first kappa shape index (κ1) is 8.67. The van der Waals surface area contributed by atoms with Crippen molar-refractivity contribution < 1.29 is 4.21 Å². The number of terminal acetylenes is 1. The van der Waals surface area contributed by atoms with E-state index in [0.29, 0.717) is 0 Å². The summed E-state index contributed by atoms with van der Waals surface area (Å²) in [5.41, 5.74) is -0.459. The van der Waals surface area contributed by atoms with Crippen LogP contribution in [0.1, 0.15) is 13.8 Å². The monoisotopic (exact) mass is 145 g/mol. The van der Waals surface area contributed by atoms with Gasteiger partial charge >= 0.3 is 0 Å². The van der Waals surface area contributed by atoms with E-state index in [1.807, 2.05) is 0 Å². The van der Waals surface area contributed by atoms with Crippen molar-refractivity contribution in [2.75, 3.05) is 6.26 Å². The minimum atomic E-state index is -1.03. The minimum absolute atomic E-state index is 0.459. The standard InChI is InChI=1S/C6H11NOS/c1-5-6(2,3)7-9(4)8/h1,7H,2-4H3. The van der Waals surface area contributed by atoms with E-state index in [-0.39, 0.29) is 0 Å². The lowest BCUT2D eigenvalue weighted by atomic mass is 10.1. The van der Waals surface area contributed by atoms with Crippen molar-refractivity contribution in [2.24, 2.45) is 0 Å². The summed E-state index contributed by atoms with van der Waals surface area (Å²) >= 11 is 0. The van der Waals surface area contributed by atoms with Gasteiger partial charge in [0.25, 0.3) is 0 Å². The molecule has 0 fully saturated rings. The van der Waals surface area contributed by atoms with Crippen molar-refractivity contribution in [1.29, 1.82) is 0 Å². The number of hydrogen-bond acceptors (Lipinski definition) is 1. The van der Waals surface area contributed by atoms with E-state index in [1.165, 1.54) is 0 Å². The smallest absolute Gasteiger partial charge is 0.0896 e. The third-order valence-electron chi connectivity index (χ3n) is 0.760. The first-order chi connectivity index (χ1) is 3.98. The van der Waals surface area contributed by atoms with Gasteiger partial charge in [0.05, 0.1) is 16.5 Å². The Balaban J connectivity index is 3.91. The molecule has 0 aliphatic carbocycles. The lowest BCUT2D eigenvalue weighted by Gasteiger charge is -2.16. The summed E-state index contributed by atoms with van der Waals surface area (Å²) in [5.74, 6) is 2.47. The van der Waals surface area contributed by atoms with Gasteiger partial charge in [0.2, 0.25) is 0 Å². The van der Waals surface area contributed by atoms with Gasteiger partial charge in [-0.1, -0.05) is 5.92 Å². The van der Waals surface area contributed by atoms with Crippen molar-refractivity contribution in [3.63, 3.8) is 0 Å². The van der Waals surface area contributed by atoms with Crippen LogP contribution in [0.25, 0.3) is 0 Å². The maximum Gasteiger partial charge on any atom is 0.0896 e. The minimum Gasteiger partial charge on any atom is -0.243 e. The Morgan fingerprint density at radius 1 is 1.67 bits per heavy atom. The van der Waals surface area contributed by atoms with Gasteiger partial charge in [0.1, 0.15) is 0 Å². The highest BCUT2D eigenvalue weighted by atomic mass is 32.2. The SMILES string of the molecule is C#CC(C)(C)NS(C)=O. The summed E-state index contributed by atoms with van der Waals surface area (Å²) in [6, 6.07) is 0. The van der Waals surface area contributed by atoms with Crippen LogP contribution in [0.4, 0.5) is 0 Å². The molecule has 0 saturated carbocycles. The van der Waals surface area contributed by atoms with Gasteiger partial charge in [-0.15, -0.1) is 6.42 Å². The lowest BCUT2D eigenvalue weighted by molar-refractivity contribution is 0.598. The molecule has 0 aliphatic rings. The van der Waals surface area contributed by atoms with Crippen molar-refractivity contribution in [2.45, 2.75) is 19.4 Å². The third kappa shape index (κ3) is 4.19. The van der Waals surface area contributed by atoms with E-state index in [1.54, 1.807) is 20.1 Å². The van der Waals surface area contributed by atoms with Crippen LogP contribution >= 0.6 is 0 Å². The summed E-state index contributed by atoms with van der Waals surface area (Å²) in [4.78, 5) is 0. The highest BCUT2D eigenvalue weighted by Crippen LogP contribution is 1.97. The molecule has 0 rings (SSSR count). The van der Waals surface area contributed by atoms with Crippen molar-refractivity contribution in [3.05, 3.63) is 0 Å². The van der Waals surface area contributed by atoms with Crippen LogP contribution in [0.15, 0.2) is 0 Å². The summed E-state index contributed by atoms with van der Waals surface area (Å²) in [6.45, 7) is 3.60. The molecule has 0 aromatic heterocycles. The zero-order chi connectivity index (χ0) is 7.49. The molecule has 0 radical (unpaired) electrons. The predicted molar refractivity (Wildman–Crippen MR) is 40.1 cm³/mol. The molecule has 1 atom stereocenters. The second-order valence-electron chi connectivity index (χ2n) is 2.33. The summed E-state index contributed by atoms with van der Waals surface area (Å²) in [6.07, 6.45) is 6.66. The Labute approximate surface area is 58.6 Å². The van der Waals surface area contributed by atoms with Crippen LogP contribution in [-0.2, 0) is 11.0 Å². The van der Waals surface area contributed by atoms with Crippen LogP contribution in [0.2, 0.25) is 0 Å². The normalized spacial score (nSPS) is 14.4. The highest BCUT2D eigenvalue weighted by Gasteiger charge is 2.13. The van der Waals surface area contributed by atoms with Gasteiger partial charge in [-0.05, 0) is 13.8 Å². The molecule has 0 bridgehead atoms. The summed E-state index contributed by atoms with van der Waals surface area (Å²) in [7, 11) is -1.03. The molecule has 0 spiro atoms. The van der Waals surface area contributed by atoms with Crippen molar-refractivity contribution in [3.8, 4) is 12.3 Å². The second-order valence-corrected chi connectivity index (χ2v) is 3.44. The van der Waals surface area contributed by atoms with Gasteiger partial charge in [-0.2, -0.15) is 0 Å². The molecule has 9 heavy (non-hydrogen) atoms. The second kappa shape index (κ2) is 3.00. The molecular weight excluding hydrogens is 134 g/mol. The largest absolute Gasteiger partial charge is 0.243 e. The fourth-order valence-corrected chi connectivity index (χ4v) is 1.17. The van der Waals surface area contributed by atoms with E-state index in [4.69, 9.17) is 6.42 Å². The van der Waals surface area contributed by atoms with Crippen LogP contribution < -0.4 is 4.72 Å². The van der Waals surface area contributed by atoms with E-state index in [0.717, 1.165) is 0 Å². The molecule has 52 valence electrons. The zero-order valence-corrected chi connectivity index (χ0v) is 6.71. The van der Waals surface area contributed by atoms with E-state index >= 15 is 0 Å². The molecule has 0 saturated heterocycles. The Hall–Kier alpha value is -0.330. The maximum absolute atomic E-state index is 10.5. The van der Waals surface area contributed by atoms with Crippen LogP contribution in [0, 0.1) is 12.3 Å². The lowest BCUT2D eigenvalue weighted by Crippen LogP contribution is -2.38. The quantitative estimate of drug-likeness (QED) is 0.556.